The van der Waals surface area contributed by atoms with Crippen LogP contribution < -0.4 is 5.32 Å². The molecule has 6 heteroatoms. The Bertz CT molecular complexity index is 817. The molecular weight excluding hydrogens is 671 g/mol. The molecule has 0 fully saturated rings. The van der Waals surface area contributed by atoms with Gasteiger partial charge in [-0.2, -0.15) is 0 Å². The third-order valence-electron chi connectivity index (χ3n) is 11.1. The molecule has 0 heterocycles. The van der Waals surface area contributed by atoms with Crippen LogP contribution in [0.2, 0.25) is 0 Å². The van der Waals surface area contributed by atoms with E-state index in [4.69, 9.17) is 0 Å². The molecule has 0 radical (unpaired) electrons. The summed E-state index contributed by atoms with van der Waals surface area (Å²) >= 11 is 0. The molecule has 0 spiro atoms. The second-order valence-corrected chi connectivity index (χ2v) is 16.4. The van der Waals surface area contributed by atoms with Crippen LogP contribution in [0.4, 0.5) is 0 Å². The van der Waals surface area contributed by atoms with Crippen LogP contribution in [-0.2, 0) is 4.79 Å². The van der Waals surface area contributed by atoms with Gasteiger partial charge in [0, 0.05) is 0 Å². The van der Waals surface area contributed by atoms with Gasteiger partial charge in [0.15, 0.2) is 0 Å². The molecule has 0 aliphatic heterocycles. The molecule has 320 valence electrons. The Morgan fingerprint density at radius 2 is 0.759 bits per heavy atom. The summed E-state index contributed by atoms with van der Waals surface area (Å²) in [5.41, 5.74) is 0. The zero-order chi connectivity index (χ0) is 39.6. The smallest absolute Gasteiger partial charge is 0.249 e. The summed E-state index contributed by atoms with van der Waals surface area (Å²) in [5.74, 6) is -0.609. The van der Waals surface area contributed by atoms with E-state index in [1.807, 2.05) is 0 Å². The maximum Gasteiger partial charge on any atom is 0.249 e. The maximum absolute atomic E-state index is 12.5. The minimum Gasteiger partial charge on any atom is -0.394 e. The number of aliphatic hydroxyl groups excluding tert-OH is 4. The second-order valence-electron chi connectivity index (χ2n) is 16.4. The van der Waals surface area contributed by atoms with Crippen molar-refractivity contribution in [2.75, 3.05) is 6.61 Å². The molecule has 0 aromatic heterocycles. The van der Waals surface area contributed by atoms with E-state index >= 15 is 0 Å². The fourth-order valence-electron chi connectivity index (χ4n) is 7.34. The van der Waals surface area contributed by atoms with Crippen LogP contribution in [-0.4, -0.2) is 57.3 Å². The highest BCUT2D eigenvalue weighted by atomic mass is 16.3. The fraction of sp³-hybridized carbons (Fsp3) is 0.896. The average Bonchev–Trinajstić information content (AvgIpc) is 3.18. The van der Waals surface area contributed by atoms with Gasteiger partial charge in [0.05, 0.1) is 18.8 Å². The van der Waals surface area contributed by atoms with E-state index in [1.54, 1.807) is 0 Å². The van der Waals surface area contributed by atoms with Gasteiger partial charge in [-0.1, -0.05) is 205 Å². The van der Waals surface area contributed by atoms with Crippen LogP contribution in [0.15, 0.2) is 24.3 Å². The number of carbonyl (C=O) groups excluding carboxylic acids is 1. The highest BCUT2D eigenvalue weighted by Crippen LogP contribution is 2.16. The largest absolute Gasteiger partial charge is 0.394 e. The molecule has 0 aromatic carbocycles. The molecule has 0 saturated carbocycles. The van der Waals surface area contributed by atoms with Crippen molar-refractivity contribution in [1.82, 2.24) is 5.32 Å². The van der Waals surface area contributed by atoms with Gasteiger partial charge < -0.3 is 25.7 Å². The Balaban J connectivity index is 3.68. The normalized spacial score (nSPS) is 14.3. The molecule has 0 aromatic rings. The van der Waals surface area contributed by atoms with Crippen LogP contribution in [0.1, 0.15) is 245 Å². The van der Waals surface area contributed by atoms with Crippen LogP contribution in [0.3, 0.4) is 0 Å². The number of rotatable bonds is 43. The summed E-state index contributed by atoms with van der Waals surface area (Å²) in [4.78, 5) is 12.5. The van der Waals surface area contributed by atoms with E-state index in [-0.39, 0.29) is 0 Å². The van der Waals surface area contributed by atoms with Gasteiger partial charge in [-0.15, -0.1) is 0 Å². The van der Waals surface area contributed by atoms with Crippen molar-refractivity contribution in [2.24, 2.45) is 0 Å². The van der Waals surface area contributed by atoms with Crippen molar-refractivity contribution in [2.45, 2.75) is 269 Å². The molecule has 4 atom stereocenters. The number of unbranched alkanes of at least 4 members (excludes halogenated alkanes) is 30. The molecule has 6 nitrogen and oxygen atoms in total. The molecular formula is C48H93NO5. The molecule has 0 saturated heterocycles. The van der Waals surface area contributed by atoms with E-state index in [0.29, 0.717) is 12.8 Å². The van der Waals surface area contributed by atoms with E-state index in [9.17, 15) is 25.2 Å². The van der Waals surface area contributed by atoms with Crippen LogP contribution in [0, 0.1) is 0 Å². The minimum absolute atomic E-state index is 0.333. The number of amides is 1. The van der Waals surface area contributed by atoms with Crippen molar-refractivity contribution < 1.29 is 25.2 Å². The molecule has 4 unspecified atom stereocenters. The molecule has 1 amide bonds. The number of allylic oxidation sites excluding steroid dienone is 4. The van der Waals surface area contributed by atoms with Crippen molar-refractivity contribution in [3.63, 3.8) is 0 Å². The lowest BCUT2D eigenvalue weighted by Gasteiger charge is -2.27. The number of aliphatic hydroxyl groups is 4. The number of carbonyl (C=O) groups is 1. The Hall–Kier alpha value is -1.21. The van der Waals surface area contributed by atoms with Crippen molar-refractivity contribution in [1.29, 1.82) is 0 Å². The first kappa shape index (κ1) is 52.8. The Kier molecular flexibility index (Phi) is 42.0. The van der Waals surface area contributed by atoms with E-state index in [1.165, 1.54) is 173 Å². The van der Waals surface area contributed by atoms with Gasteiger partial charge in [-0.05, 0) is 64.2 Å². The van der Waals surface area contributed by atoms with Crippen LogP contribution >= 0.6 is 0 Å². The highest BCUT2D eigenvalue weighted by molar-refractivity contribution is 5.80. The molecule has 0 aliphatic carbocycles. The Morgan fingerprint density at radius 1 is 0.444 bits per heavy atom. The Morgan fingerprint density at radius 3 is 1.11 bits per heavy atom. The van der Waals surface area contributed by atoms with Crippen molar-refractivity contribution in [3.8, 4) is 0 Å². The zero-order valence-electron chi connectivity index (χ0n) is 36.0. The molecule has 0 rings (SSSR count). The predicted octanol–water partition coefficient (Wildman–Crippen LogP) is 12.7. The van der Waals surface area contributed by atoms with Gasteiger partial charge in [0.2, 0.25) is 5.91 Å². The molecule has 54 heavy (non-hydrogen) atoms. The monoisotopic (exact) mass is 764 g/mol. The SMILES string of the molecule is CCCCCCCC/C=C\CCCCC(O)C(=O)NC(CO)C(O)C(O)CCC/C=C/CCCCCCCCCCCCCCCCCCCCCCC. The number of hydrogen-bond acceptors (Lipinski definition) is 5. The van der Waals surface area contributed by atoms with Gasteiger partial charge in [0.25, 0.3) is 0 Å². The van der Waals surface area contributed by atoms with Crippen LogP contribution in [0.25, 0.3) is 0 Å². The van der Waals surface area contributed by atoms with Gasteiger partial charge in [-0.3, -0.25) is 4.79 Å². The zero-order valence-corrected chi connectivity index (χ0v) is 36.0. The minimum atomic E-state index is -1.29. The number of nitrogens with one attached hydrogen (secondary N) is 1. The summed E-state index contributed by atoms with van der Waals surface area (Å²) in [5, 5.41) is 43.6. The van der Waals surface area contributed by atoms with Crippen molar-refractivity contribution in [3.05, 3.63) is 24.3 Å². The van der Waals surface area contributed by atoms with E-state index < -0.39 is 36.9 Å². The number of hydrogen-bond donors (Lipinski definition) is 5. The second kappa shape index (κ2) is 42.9. The summed E-state index contributed by atoms with van der Waals surface area (Å²) in [6, 6.07) is -1.01. The molecule has 5 N–H and O–H groups in total. The molecule has 0 aliphatic rings. The van der Waals surface area contributed by atoms with Gasteiger partial charge in [0.1, 0.15) is 12.2 Å². The quantitative estimate of drug-likeness (QED) is 0.0314. The summed E-state index contributed by atoms with van der Waals surface area (Å²) < 4.78 is 0. The topological polar surface area (TPSA) is 110 Å². The molecule has 0 bridgehead atoms. The third-order valence-corrected chi connectivity index (χ3v) is 11.1. The first-order chi connectivity index (χ1) is 26.5. The first-order valence-corrected chi connectivity index (χ1v) is 23.7. The maximum atomic E-state index is 12.5. The summed E-state index contributed by atoms with van der Waals surface area (Å²) in [7, 11) is 0. The highest BCUT2D eigenvalue weighted by Gasteiger charge is 2.28. The van der Waals surface area contributed by atoms with E-state index in [0.717, 1.165) is 44.9 Å². The Labute approximate surface area is 335 Å². The van der Waals surface area contributed by atoms with Crippen molar-refractivity contribution >= 4 is 5.91 Å². The predicted molar refractivity (Wildman–Crippen MR) is 233 cm³/mol. The first-order valence-electron chi connectivity index (χ1n) is 23.7. The standard InChI is InChI=1S/C48H93NO5/c1-3-5-7-9-11-13-15-17-18-19-20-21-22-23-24-25-26-27-28-29-30-32-33-35-37-39-41-45(51)47(53)44(43-50)49-48(54)46(52)42-40-38-36-34-31-16-14-12-10-8-6-4-2/h31,33-35,44-47,50-53H,3-30,32,36-43H2,1-2H3,(H,49,54)/b34-31-,35-33+. The lowest BCUT2D eigenvalue weighted by molar-refractivity contribution is -0.132. The summed E-state index contributed by atoms with van der Waals surface area (Å²) in [6.45, 7) is 4.03. The van der Waals surface area contributed by atoms with Crippen LogP contribution in [0.5, 0.6) is 0 Å². The fourth-order valence-corrected chi connectivity index (χ4v) is 7.34. The average molecular weight is 764 g/mol. The third kappa shape index (κ3) is 36.4. The van der Waals surface area contributed by atoms with Gasteiger partial charge in [-0.25, -0.2) is 0 Å². The lowest BCUT2D eigenvalue weighted by atomic mass is 10.00. The van der Waals surface area contributed by atoms with E-state index in [2.05, 4.69) is 43.5 Å². The lowest BCUT2D eigenvalue weighted by Crippen LogP contribution is -2.53. The van der Waals surface area contributed by atoms with Gasteiger partial charge >= 0.3 is 0 Å². The summed E-state index contributed by atoms with van der Waals surface area (Å²) in [6.07, 6.45) is 49.5.